The van der Waals surface area contributed by atoms with Gasteiger partial charge in [0.1, 0.15) is 0 Å². The van der Waals surface area contributed by atoms with Gasteiger partial charge in [-0.1, -0.05) is 59.6 Å². The summed E-state index contributed by atoms with van der Waals surface area (Å²) in [6, 6.07) is 12.9. The van der Waals surface area contributed by atoms with E-state index in [1.54, 1.807) is 30.3 Å². The lowest BCUT2D eigenvalue weighted by molar-refractivity contribution is -0.136. The molecule has 128 valence electrons. The Hall–Kier alpha value is -2.50. The van der Waals surface area contributed by atoms with Crippen LogP contribution in [0.25, 0.3) is 5.70 Å². The molecule has 0 aromatic heterocycles. The first-order valence-corrected chi connectivity index (χ1v) is 8.17. The summed E-state index contributed by atoms with van der Waals surface area (Å²) in [7, 11) is 1.29. The Bertz CT molecular complexity index is 866. The fourth-order valence-corrected chi connectivity index (χ4v) is 2.98. The number of halogens is 2. The number of esters is 1. The van der Waals surface area contributed by atoms with Crippen LogP contribution in [0.4, 0.5) is 4.79 Å². The van der Waals surface area contributed by atoms with E-state index in [1.807, 2.05) is 18.2 Å². The van der Waals surface area contributed by atoms with Gasteiger partial charge in [0.2, 0.25) is 0 Å². The summed E-state index contributed by atoms with van der Waals surface area (Å²) in [4.78, 5) is 24.6. The minimum Gasteiger partial charge on any atom is -0.466 e. The number of carbonyl (C=O) groups is 2. The quantitative estimate of drug-likeness (QED) is 0.797. The molecule has 2 N–H and O–H groups in total. The predicted molar refractivity (Wildman–Crippen MR) is 96.2 cm³/mol. The number of methoxy groups -OCH3 is 1. The van der Waals surface area contributed by atoms with Gasteiger partial charge < -0.3 is 15.4 Å². The maximum atomic E-state index is 12.5. The Morgan fingerprint density at radius 3 is 2.44 bits per heavy atom. The van der Waals surface area contributed by atoms with E-state index in [0.29, 0.717) is 26.9 Å². The van der Waals surface area contributed by atoms with E-state index in [9.17, 15) is 9.59 Å². The number of benzene rings is 2. The van der Waals surface area contributed by atoms with Crippen molar-refractivity contribution in [2.24, 2.45) is 0 Å². The van der Waals surface area contributed by atoms with Crippen molar-refractivity contribution < 1.29 is 14.3 Å². The monoisotopic (exact) mass is 376 g/mol. The van der Waals surface area contributed by atoms with Crippen molar-refractivity contribution >= 4 is 40.9 Å². The molecule has 0 saturated heterocycles. The minimum absolute atomic E-state index is 0.284. The average molecular weight is 377 g/mol. The van der Waals surface area contributed by atoms with E-state index in [-0.39, 0.29) is 5.57 Å². The molecule has 2 amide bonds. The Balaban J connectivity index is 2.20. The third kappa shape index (κ3) is 3.48. The molecule has 3 rings (SSSR count). The summed E-state index contributed by atoms with van der Waals surface area (Å²) in [5, 5.41) is 6.14. The van der Waals surface area contributed by atoms with Gasteiger partial charge in [-0.3, -0.25) is 0 Å². The molecule has 2 aromatic carbocycles. The smallest absolute Gasteiger partial charge is 0.338 e. The number of amides is 2. The molecule has 2 aromatic rings. The van der Waals surface area contributed by atoms with Gasteiger partial charge in [0, 0.05) is 0 Å². The summed E-state index contributed by atoms with van der Waals surface area (Å²) in [5.41, 5.74) is 2.00. The van der Waals surface area contributed by atoms with Gasteiger partial charge in [-0.2, -0.15) is 0 Å². The third-order valence-corrected chi connectivity index (χ3v) is 4.56. The van der Waals surface area contributed by atoms with E-state index < -0.39 is 18.0 Å². The summed E-state index contributed by atoms with van der Waals surface area (Å²) in [6.07, 6.45) is 0. The topological polar surface area (TPSA) is 67.4 Å². The Kier molecular flexibility index (Phi) is 4.97. The maximum absolute atomic E-state index is 12.5. The summed E-state index contributed by atoms with van der Waals surface area (Å²) >= 11 is 12.1. The highest BCUT2D eigenvalue weighted by atomic mass is 35.5. The zero-order valence-corrected chi connectivity index (χ0v) is 14.7. The zero-order chi connectivity index (χ0) is 18.0. The maximum Gasteiger partial charge on any atom is 0.338 e. The molecule has 7 heteroatoms. The van der Waals surface area contributed by atoms with Gasteiger partial charge in [-0.15, -0.1) is 0 Å². The van der Waals surface area contributed by atoms with Crippen molar-refractivity contribution in [1.82, 2.24) is 10.6 Å². The third-order valence-electron chi connectivity index (χ3n) is 3.82. The molecular weight excluding hydrogens is 363 g/mol. The second kappa shape index (κ2) is 7.17. The van der Waals surface area contributed by atoms with E-state index >= 15 is 0 Å². The number of hydrogen-bond donors (Lipinski definition) is 2. The highest BCUT2D eigenvalue weighted by Crippen LogP contribution is 2.34. The predicted octanol–water partition coefficient (Wildman–Crippen LogP) is 3.93. The molecule has 0 aliphatic carbocycles. The molecule has 0 bridgehead atoms. The molecule has 1 aliphatic rings. The second-order valence-electron chi connectivity index (χ2n) is 5.35. The van der Waals surface area contributed by atoms with Gasteiger partial charge in [0.25, 0.3) is 0 Å². The van der Waals surface area contributed by atoms with Crippen LogP contribution in [0.15, 0.2) is 54.1 Å². The van der Waals surface area contributed by atoms with E-state index in [0.717, 1.165) is 0 Å². The molecule has 0 fully saturated rings. The lowest BCUT2D eigenvalue weighted by Gasteiger charge is -2.29. The second-order valence-corrected chi connectivity index (χ2v) is 6.17. The first kappa shape index (κ1) is 17.3. The number of urea groups is 1. The molecule has 0 saturated carbocycles. The van der Waals surface area contributed by atoms with Gasteiger partial charge >= 0.3 is 12.0 Å². The number of nitrogens with one attached hydrogen (secondary N) is 2. The van der Waals surface area contributed by atoms with Crippen LogP contribution in [0.5, 0.6) is 0 Å². The van der Waals surface area contributed by atoms with Crippen LogP contribution in [0, 0.1) is 0 Å². The minimum atomic E-state index is -0.717. The van der Waals surface area contributed by atoms with Crippen LogP contribution >= 0.6 is 23.2 Å². The summed E-state index contributed by atoms with van der Waals surface area (Å²) in [6.45, 7) is 0. The zero-order valence-electron chi connectivity index (χ0n) is 13.2. The highest BCUT2D eigenvalue weighted by Gasteiger charge is 2.34. The Morgan fingerprint density at radius 2 is 1.80 bits per heavy atom. The lowest BCUT2D eigenvalue weighted by Crippen LogP contribution is -2.45. The molecule has 0 spiro atoms. The molecule has 25 heavy (non-hydrogen) atoms. The molecule has 0 radical (unpaired) electrons. The number of ether oxygens (including phenoxy) is 1. The van der Waals surface area contributed by atoms with Crippen LogP contribution in [-0.4, -0.2) is 19.1 Å². The van der Waals surface area contributed by atoms with Crippen molar-refractivity contribution in [3.8, 4) is 0 Å². The van der Waals surface area contributed by atoms with Crippen molar-refractivity contribution in [3.05, 3.63) is 75.3 Å². The van der Waals surface area contributed by atoms with Crippen LogP contribution in [0.3, 0.4) is 0 Å². The van der Waals surface area contributed by atoms with E-state index in [2.05, 4.69) is 10.6 Å². The first-order chi connectivity index (χ1) is 12.0. The fourth-order valence-electron chi connectivity index (χ4n) is 2.67. The Labute approximate surface area is 154 Å². The molecule has 1 heterocycles. The first-order valence-electron chi connectivity index (χ1n) is 7.41. The molecule has 1 atom stereocenters. The number of carbonyl (C=O) groups excluding carboxylic acids is 2. The summed E-state index contributed by atoms with van der Waals surface area (Å²) < 4.78 is 4.94. The van der Waals surface area contributed by atoms with Gasteiger partial charge in [0.05, 0.1) is 34.5 Å². The lowest BCUT2D eigenvalue weighted by atomic mass is 9.93. The van der Waals surface area contributed by atoms with Gasteiger partial charge in [-0.25, -0.2) is 9.59 Å². The van der Waals surface area contributed by atoms with Gasteiger partial charge in [0.15, 0.2) is 0 Å². The normalized spacial score (nSPS) is 16.9. The Morgan fingerprint density at radius 1 is 1.08 bits per heavy atom. The molecule has 1 unspecified atom stereocenters. The van der Waals surface area contributed by atoms with Crippen molar-refractivity contribution in [2.45, 2.75) is 6.04 Å². The van der Waals surface area contributed by atoms with Crippen molar-refractivity contribution in [2.75, 3.05) is 7.11 Å². The average Bonchev–Trinajstić information content (AvgIpc) is 2.63. The van der Waals surface area contributed by atoms with Crippen molar-refractivity contribution in [3.63, 3.8) is 0 Å². The van der Waals surface area contributed by atoms with Crippen LogP contribution in [0.2, 0.25) is 10.0 Å². The number of rotatable bonds is 3. The molecule has 1 aliphatic heterocycles. The van der Waals surface area contributed by atoms with Crippen molar-refractivity contribution in [1.29, 1.82) is 0 Å². The largest absolute Gasteiger partial charge is 0.466 e. The number of hydrogen-bond acceptors (Lipinski definition) is 3. The van der Waals surface area contributed by atoms with E-state index in [1.165, 1.54) is 7.11 Å². The standard InChI is InChI=1S/C18H14Cl2N2O3/c1-25-17(23)14-15(10-5-3-2-4-6-10)21-18(24)22-16(14)11-7-8-12(19)13(20)9-11/h2-9,16H,1H3,(H2,21,22,24). The SMILES string of the molecule is COC(=O)C1=C(c2ccccc2)NC(=O)NC1c1ccc(Cl)c(Cl)c1. The van der Waals surface area contributed by atoms with Crippen LogP contribution < -0.4 is 10.6 Å². The van der Waals surface area contributed by atoms with Gasteiger partial charge in [-0.05, 0) is 23.3 Å². The van der Waals surface area contributed by atoms with Crippen LogP contribution in [-0.2, 0) is 9.53 Å². The molecular formula is C18H14Cl2N2O3. The summed E-state index contributed by atoms with van der Waals surface area (Å²) in [5.74, 6) is -0.553. The van der Waals surface area contributed by atoms with Crippen LogP contribution in [0.1, 0.15) is 17.2 Å². The van der Waals surface area contributed by atoms with E-state index in [4.69, 9.17) is 27.9 Å². The highest BCUT2D eigenvalue weighted by molar-refractivity contribution is 6.42. The fraction of sp³-hybridized carbons (Fsp3) is 0.111. The molecule has 5 nitrogen and oxygen atoms in total.